The first kappa shape index (κ1) is 22.6. The minimum Gasteiger partial charge on any atom is -0.509 e. The monoisotopic (exact) mass is 424 g/mol. The molecule has 0 bridgehead atoms. The molecule has 1 fully saturated rings. The van der Waals surface area contributed by atoms with Gasteiger partial charge in [0.2, 0.25) is 0 Å². The van der Waals surface area contributed by atoms with Crippen molar-refractivity contribution in [3.63, 3.8) is 0 Å². The third kappa shape index (κ3) is 3.60. The van der Waals surface area contributed by atoms with E-state index in [2.05, 4.69) is 13.2 Å². The lowest BCUT2D eigenvalue weighted by Gasteiger charge is -2.41. The van der Waals surface area contributed by atoms with E-state index in [0.29, 0.717) is 16.8 Å². The van der Waals surface area contributed by atoms with Crippen LogP contribution in [0.2, 0.25) is 0 Å². The van der Waals surface area contributed by atoms with Crippen LogP contribution in [0.3, 0.4) is 0 Å². The zero-order valence-corrected chi connectivity index (χ0v) is 18.5. The van der Waals surface area contributed by atoms with Crippen molar-refractivity contribution in [3.8, 4) is 0 Å². The van der Waals surface area contributed by atoms with Crippen molar-refractivity contribution in [2.45, 2.75) is 19.4 Å². The number of allylic oxidation sites excluding steroid dienone is 5. The number of hydrogen-bond donors (Lipinski definition) is 2. The first-order valence-electron chi connectivity index (χ1n) is 10.4. The van der Waals surface area contributed by atoms with Crippen molar-refractivity contribution < 1.29 is 9.90 Å². The van der Waals surface area contributed by atoms with Crippen LogP contribution in [0.1, 0.15) is 19.4 Å². The van der Waals surface area contributed by atoms with E-state index >= 15 is 0 Å². The smallest absolute Gasteiger partial charge is 0.259 e. The van der Waals surface area contributed by atoms with Gasteiger partial charge in [0.15, 0.2) is 0 Å². The summed E-state index contributed by atoms with van der Waals surface area (Å²) in [5.41, 5.74) is 9.58. The Kier molecular flexibility index (Phi) is 6.64. The van der Waals surface area contributed by atoms with Crippen LogP contribution in [0.4, 0.5) is 11.4 Å². The van der Waals surface area contributed by atoms with Crippen LogP contribution in [-0.2, 0) is 10.3 Å². The summed E-state index contributed by atoms with van der Waals surface area (Å²) in [4.78, 5) is 15.7. The summed E-state index contributed by atoms with van der Waals surface area (Å²) in [6, 6.07) is 17.0. The van der Waals surface area contributed by atoms with Crippen molar-refractivity contribution in [3.05, 3.63) is 132 Å². The number of carbonyl (C=O) groups excluding carboxylic acids is 1. The molecule has 2 aromatic carbocycles. The average Bonchev–Trinajstić information content (AvgIpc) is 3.05. The number of hydrogen-bond acceptors (Lipinski definition) is 3. The Bertz CT molecular complexity index is 1170. The standard InChI is InChI=1S/C28H28N2O2/c1-5-13-21(19-18-20(4)31)28(25-16-11-12-17-26(25)29)24(7-3)23(6-2)27(32)30(28)22-14-9-8-10-15-22/h5-19,31H,1,4,29H2,2-3H3/b19-18-,21-13+,23-6+,24-7+. The molecule has 1 saturated heterocycles. The lowest BCUT2D eigenvalue weighted by molar-refractivity contribution is -0.114. The molecular weight excluding hydrogens is 396 g/mol. The molecule has 162 valence electrons. The number of para-hydroxylation sites is 2. The van der Waals surface area contributed by atoms with E-state index in [9.17, 15) is 9.90 Å². The molecule has 1 heterocycles. The number of amides is 1. The molecule has 2 aromatic rings. The molecule has 4 nitrogen and oxygen atoms in total. The molecule has 1 amide bonds. The van der Waals surface area contributed by atoms with E-state index in [-0.39, 0.29) is 11.7 Å². The summed E-state index contributed by atoms with van der Waals surface area (Å²) < 4.78 is 0. The van der Waals surface area contributed by atoms with E-state index in [1.807, 2.05) is 86.7 Å². The molecule has 0 radical (unpaired) electrons. The maximum Gasteiger partial charge on any atom is 0.259 e. The van der Waals surface area contributed by atoms with E-state index < -0.39 is 5.54 Å². The summed E-state index contributed by atoms with van der Waals surface area (Å²) in [5, 5.41) is 9.81. The number of nitrogens with zero attached hydrogens (tertiary/aromatic N) is 1. The van der Waals surface area contributed by atoms with Gasteiger partial charge in [-0.05, 0) is 49.3 Å². The van der Waals surface area contributed by atoms with Crippen LogP contribution >= 0.6 is 0 Å². The SMILES string of the molecule is C=C/C=C(\C=C/C(=C)O)C1(c2ccccc2N)C(=C/C)/C(=C\C)C(=O)N1c1ccccc1. The Balaban J connectivity index is 2.56. The second-order valence-electron chi connectivity index (χ2n) is 7.36. The van der Waals surface area contributed by atoms with Crippen molar-refractivity contribution in [2.75, 3.05) is 10.6 Å². The second kappa shape index (κ2) is 9.40. The number of nitrogen functional groups attached to an aromatic ring is 1. The molecule has 0 aliphatic carbocycles. The summed E-state index contributed by atoms with van der Waals surface area (Å²) in [6.07, 6.45) is 10.5. The van der Waals surface area contributed by atoms with E-state index in [0.717, 1.165) is 16.8 Å². The highest BCUT2D eigenvalue weighted by Crippen LogP contribution is 2.54. The molecule has 0 saturated carbocycles. The van der Waals surface area contributed by atoms with Crippen LogP contribution in [0, 0.1) is 0 Å². The Morgan fingerprint density at radius 1 is 1.03 bits per heavy atom. The van der Waals surface area contributed by atoms with Gasteiger partial charge in [0.05, 0.1) is 0 Å². The van der Waals surface area contributed by atoms with E-state index in [4.69, 9.17) is 5.73 Å². The fourth-order valence-electron chi connectivity index (χ4n) is 4.38. The van der Waals surface area contributed by atoms with Gasteiger partial charge in [-0.3, -0.25) is 9.69 Å². The minimum atomic E-state index is -1.08. The third-order valence-electron chi connectivity index (χ3n) is 5.56. The molecule has 3 N–H and O–H groups in total. The molecule has 3 rings (SSSR count). The van der Waals surface area contributed by atoms with Gasteiger partial charge in [-0.1, -0.05) is 79.9 Å². The van der Waals surface area contributed by atoms with Gasteiger partial charge >= 0.3 is 0 Å². The Hall–Kier alpha value is -4.05. The molecule has 1 aliphatic heterocycles. The fourth-order valence-corrected chi connectivity index (χ4v) is 4.38. The van der Waals surface area contributed by atoms with Crippen LogP contribution in [-0.4, -0.2) is 11.0 Å². The van der Waals surface area contributed by atoms with E-state index in [1.54, 1.807) is 17.1 Å². The van der Waals surface area contributed by atoms with Crippen LogP contribution in [0.5, 0.6) is 0 Å². The predicted molar refractivity (Wildman–Crippen MR) is 133 cm³/mol. The molecule has 0 aromatic heterocycles. The summed E-state index contributed by atoms with van der Waals surface area (Å²) in [5.74, 6) is -0.235. The lowest BCUT2D eigenvalue weighted by atomic mass is 9.74. The molecule has 0 spiro atoms. The summed E-state index contributed by atoms with van der Waals surface area (Å²) in [6.45, 7) is 11.2. The minimum absolute atomic E-state index is 0.0972. The van der Waals surface area contributed by atoms with Crippen molar-refractivity contribution in [2.24, 2.45) is 0 Å². The Labute approximate surface area is 189 Å². The van der Waals surface area contributed by atoms with Crippen LogP contribution < -0.4 is 10.6 Å². The van der Waals surface area contributed by atoms with Crippen molar-refractivity contribution in [1.29, 1.82) is 0 Å². The number of aliphatic hydroxyl groups excluding tert-OH is 1. The van der Waals surface area contributed by atoms with Gasteiger partial charge in [-0.25, -0.2) is 0 Å². The van der Waals surface area contributed by atoms with E-state index in [1.165, 1.54) is 6.08 Å². The molecule has 4 heteroatoms. The number of carbonyl (C=O) groups is 1. The molecule has 1 unspecified atom stereocenters. The topological polar surface area (TPSA) is 66.6 Å². The maximum absolute atomic E-state index is 13.9. The lowest BCUT2D eigenvalue weighted by Crippen LogP contribution is -2.46. The van der Waals surface area contributed by atoms with Gasteiger partial charge in [0.25, 0.3) is 5.91 Å². The highest BCUT2D eigenvalue weighted by Gasteiger charge is 2.55. The quantitative estimate of drug-likeness (QED) is 0.253. The first-order valence-corrected chi connectivity index (χ1v) is 10.4. The van der Waals surface area contributed by atoms with Crippen molar-refractivity contribution in [1.82, 2.24) is 0 Å². The van der Waals surface area contributed by atoms with Crippen LogP contribution in [0.15, 0.2) is 127 Å². The first-order chi connectivity index (χ1) is 15.4. The zero-order valence-electron chi connectivity index (χ0n) is 18.5. The Morgan fingerprint density at radius 2 is 1.69 bits per heavy atom. The van der Waals surface area contributed by atoms with Crippen molar-refractivity contribution >= 4 is 17.3 Å². The number of nitrogens with two attached hydrogens (primary N) is 1. The number of anilines is 2. The van der Waals surface area contributed by atoms with Gasteiger partial charge < -0.3 is 10.8 Å². The predicted octanol–water partition coefficient (Wildman–Crippen LogP) is 6.14. The highest BCUT2D eigenvalue weighted by atomic mass is 16.3. The summed E-state index contributed by atoms with van der Waals surface area (Å²) >= 11 is 0. The number of benzene rings is 2. The second-order valence-corrected chi connectivity index (χ2v) is 7.36. The largest absolute Gasteiger partial charge is 0.509 e. The highest BCUT2D eigenvalue weighted by molar-refractivity contribution is 6.16. The molecule has 1 aliphatic rings. The van der Waals surface area contributed by atoms with Gasteiger partial charge in [-0.2, -0.15) is 0 Å². The summed E-state index contributed by atoms with van der Waals surface area (Å²) in [7, 11) is 0. The molecule has 1 atom stereocenters. The van der Waals surface area contributed by atoms with Gasteiger partial charge in [-0.15, -0.1) is 0 Å². The Morgan fingerprint density at radius 3 is 2.25 bits per heavy atom. The molecule has 32 heavy (non-hydrogen) atoms. The number of aliphatic hydroxyl groups is 1. The van der Waals surface area contributed by atoms with Gasteiger partial charge in [0, 0.05) is 22.5 Å². The zero-order chi connectivity index (χ0) is 23.3. The van der Waals surface area contributed by atoms with Crippen LogP contribution in [0.25, 0.3) is 0 Å². The molecular formula is C28H28N2O2. The third-order valence-corrected chi connectivity index (χ3v) is 5.56. The number of rotatable bonds is 6. The fraction of sp³-hybridized carbons (Fsp3) is 0.107. The normalized spacial score (nSPS) is 21.6. The van der Waals surface area contributed by atoms with Gasteiger partial charge in [0.1, 0.15) is 11.3 Å². The maximum atomic E-state index is 13.9. The average molecular weight is 425 g/mol.